The molecule has 0 spiro atoms. The lowest BCUT2D eigenvalue weighted by Gasteiger charge is -2.21. The molecule has 12 rings (SSSR count). The van der Waals surface area contributed by atoms with Crippen molar-refractivity contribution < 1.29 is 0 Å². The summed E-state index contributed by atoms with van der Waals surface area (Å²) in [5.41, 5.74) is 18.4. The van der Waals surface area contributed by atoms with Gasteiger partial charge in [-0.25, -0.2) is 9.97 Å². The number of aryl methyl sites for hydroxylation is 2. The van der Waals surface area contributed by atoms with E-state index in [1.54, 1.807) is 0 Å². The van der Waals surface area contributed by atoms with Crippen LogP contribution in [0.3, 0.4) is 0 Å². The number of hydrogen-bond acceptors (Lipinski definition) is 2. The SMILES string of the molecule is C1=CC2CCc3ccc(c(-c4nc(-c5ccccc5)c(-c5ccccc5)[nH]4)c3)CCC=1C=C2c1nc(-c2ccccc2)c(-c2ccccc2)[nH]1. The van der Waals surface area contributed by atoms with E-state index in [1.807, 2.05) is 0 Å². The molecule has 4 heteroatoms. The maximum atomic E-state index is 5.29. The number of nitrogens with one attached hydrogen (secondary N) is 2. The van der Waals surface area contributed by atoms with E-state index in [1.165, 1.54) is 27.8 Å². The van der Waals surface area contributed by atoms with Gasteiger partial charge in [-0.15, -0.1) is 5.73 Å². The summed E-state index contributed by atoms with van der Waals surface area (Å²) in [5.74, 6) is 2.05. The molecule has 0 amide bonds. The van der Waals surface area contributed by atoms with Gasteiger partial charge < -0.3 is 9.97 Å². The van der Waals surface area contributed by atoms with Gasteiger partial charge in [-0.1, -0.05) is 133 Å². The molecule has 0 radical (unpaired) electrons. The third-order valence-electron chi connectivity index (χ3n) is 9.94. The molecule has 2 N–H and O–H groups in total. The number of hydrogen-bond donors (Lipinski definition) is 2. The normalized spacial score (nSPS) is 15.3. The molecule has 2 aromatic heterocycles. The molecule has 0 saturated heterocycles. The van der Waals surface area contributed by atoms with Crippen molar-refractivity contribution in [2.24, 2.45) is 5.92 Å². The molecular formula is C46H36N4. The summed E-state index contributed by atoms with van der Waals surface area (Å²) in [6, 6.07) is 49.0. The van der Waals surface area contributed by atoms with E-state index in [-0.39, 0.29) is 5.92 Å². The van der Waals surface area contributed by atoms with Gasteiger partial charge in [0, 0.05) is 39.3 Å². The Balaban J connectivity index is 1.09. The number of benzene rings is 5. The molecule has 0 fully saturated rings. The van der Waals surface area contributed by atoms with Crippen molar-refractivity contribution in [2.75, 3.05) is 0 Å². The Labute approximate surface area is 292 Å². The van der Waals surface area contributed by atoms with Crippen molar-refractivity contribution in [2.45, 2.75) is 25.7 Å². The van der Waals surface area contributed by atoms with Crippen LogP contribution in [0.25, 0.3) is 62.0 Å². The Morgan fingerprint density at radius 1 is 0.540 bits per heavy atom. The van der Waals surface area contributed by atoms with Gasteiger partial charge in [-0.2, -0.15) is 0 Å². The Hall–Kier alpha value is -6.22. The zero-order valence-corrected chi connectivity index (χ0v) is 27.7. The van der Waals surface area contributed by atoms with Crippen LogP contribution < -0.4 is 0 Å². The van der Waals surface area contributed by atoms with Crippen LogP contribution >= 0.6 is 0 Å². The zero-order valence-electron chi connectivity index (χ0n) is 27.7. The largest absolute Gasteiger partial charge is 0.338 e. The van der Waals surface area contributed by atoms with Gasteiger partial charge in [-0.3, -0.25) is 0 Å². The number of rotatable bonds is 6. The highest BCUT2D eigenvalue weighted by molar-refractivity contribution is 5.83. The van der Waals surface area contributed by atoms with Crippen molar-refractivity contribution in [1.29, 1.82) is 0 Å². The number of imidazole rings is 2. The molecule has 4 nitrogen and oxygen atoms in total. The van der Waals surface area contributed by atoms with Crippen molar-refractivity contribution >= 4 is 5.57 Å². The summed E-state index contributed by atoms with van der Waals surface area (Å²) in [4.78, 5) is 18.1. The first kappa shape index (κ1) is 29.9. The summed E-state index contributed by atoms with van der Waals surface area (Å²) >= 11 is 0. The third kappa shape index (κ3) is 5.77. The van der Waals surface area contributed by atoms with Crippen LogP contribution in [0.15, 0.2) is 163 Å². The number of nitrogens with zero attached hydrogens (tertiary/aromatic N) is 2. The van der Waals surface area contributed by atoms with Gasteiger partial charge in [0.25, 0.3) is 0 Å². The molecule has 2 heterocycles. The number of H-pyrrole nitrogens is 2. The van der Waals surface area contributed by atoms with Gasteiger partial charge in [-0.05, 0) is 60.6 Å². The van der Waals surface area contributed by atoms with Crippen LogP contribution in [-0.4, -0.2) is 19.9 Å². The molecular weight excluding hydrogens is 609 g/mol. The lowest BCUT2D eigenvalue weighted by molar-refractivity contribution is 0.713. The first-order valence-corrected chi connectivity index (χ1v) is 17.5. The van der Waals surface area contributed by atoms with Gasteiger partial charge >= 0.3 is 0 Å². The van der Waals surface area contributed by atoms with Crippen LogP contribution in [0, 0.1) is 5.92 Å². The molecule has 5 aromatic carbocycles. The molecule has 5 aliphatic rings. The standard InChI is InChI=1S/C46H36N4/c1-5-13-35(14-6-1)41-42(36-15-7-2-8-16-36)48-45(47-41)39-29-31-21-25-33(39)27-23-32-22-26-34(28-24-31)40(30-32)46-49-43(37-17-9-3-10-18-37)44(50-46)38-19-11-4-12-20-38/h1-21,25-26,29-30,34H,23-24,27-28H2,(H,47,48)(H,49,50). The maximum absolute atomic E-state index is 5.29. The Morgan fingerprint density at radius 3 is 1.68 bits per heavy atom. The maximum Gasteiger partial charge on any atom is 0.138 e. The van der Waals surface area contributed by atoms with Crippen LogP contribution in [0.5, 0.6) is 0 Å². The molecule has 0 saturated carbocycles. The second-order valence-corrected chi connectivity index (χ2v) is 13.2. The fourth-order valence-corrected chi connectivity index (χ4v) is 7.32. The second kappa shape index (κ2) is 13.0. The number of aromatic amines is 2. The van der Waals surface area contributed by atoms with Crippen molar-refractivity contribution in [1.82, 2.24) is 19.9 Å². The van der Waals surface area contributed by atoms with E-state index >= 15 is 0 Å². The van der Waals surface area contributed by atoms with Crippen LogP contribution in [-0.2, 0) is 12.8 Å². The second-order valence-electron chi connectivity index (χ2n) is 13.2. The highest BCUT2D eigenvalue weighted by atomic mass is 14.9. The quantitative estimate of drug-likeness (QED) is 0.177. The fourth-order valence-electron chi connectivity index (χ4n) is 7.32. The first-order valence-electron chi connectivity index (χ1n) is 17.5. The Morgan fingerprint density at radius 2 is 1.08 bits per heavy atom. The lowest BCUT2D eigenvalue weighted by atomic mass is 9.84. The van der Waals surface area contributed by atoms with Crippen molar-refractivity contribution in [3.8, 4) is 56.4 Å². The zero-order chi connectivity index (χ0) is 33.3. The summed E-state index contributed by atoms with van der Waals surface area (Å²) < 4.78 is 0. The smallest absolute Gasteiger partial charge is 0.138 e. The van der Waals surface area contributed by atoms with E-state index in [9.17, 15) is 0 Å². The molecule has 50 heavy (non-hydrogen) atoms. The highest BCUT2D eigenvalue weighted by Gasteiger charge is 2.25. The average Bonchev–Trinajstić information content (AvgIpc) is 3.83. The van der Waals surface area contributed by atoms with E-state index in [4.69, 9.17) is 9.97 Å². The Bertz CT molecular complexity index is 2280. The predicted molar refractivity (Wildman–Crippen MR) is 204 cm³/mol. The molecule has 0 aliphatic heterocycles. The van der Waals surface area contributed by atoms with Gasteiger partial charge in [0.1, 0.15) is 11.6 Å². The molecule has 1 unspecified atom stereocenters. The van der Waals surface area contributed by atoms with E-state index in [0.29, 0.717) is 0 Å². The highest BCUT2D eigenvalue weighted by Crippen LogP contribution is 2.39. The summed E-state index contributed by atoms with van der Waals surface area (Å²) in [5, 5.41) is 0. The van der Waals surface area contributed by atoms with Crippen LogP contribution in [0.2, 0.25) is 0 Å². The minimum Gasteiger partial charge on any atom is -0.338 e. The lowest BCUT2D eigenvalue weighted by Crippen LogP contribution is -2.08. The molecule has 5 aliphatic carbocycles. The van der Waals surface area contributed by atoms with Crippen LogP contribution in [0.1, 0.15) is 29.8 Å². The summed E-state index contributed by atoms with van der Waals surface area (Å²) in [6.45, 7) is 0. The van der Waals surface area contributed by atoms with Gasteiger partial charge in [0.2, 0.25) is 0 Å². The molecule has 240 valence electrons. The minimum atomic E-state index is 0.192. The molecule has 4 bridgehead atoms. The Kier molecular flexibility index (Phi) is 7.77. The predicted octanol–water partition coefficient (Wildman–Crippen LogP) is 11.1. The van der Waals surface area contributed by atoms with E-state index in [2.05, 4.69) is 167 Å². The van der Waals surface area contributed by atoms with Gasteiger partial charge in [0.15, 0.2) is 0 Å². The number of aromatic nitrogens is 4. The summed E-state index contributed by atoms with van der Waals surface area (Å²) in [7, 11) is 0. The first-order chi connectivity index (χ1) is 24.8. The fraction of sp³-hybridized carbons (Fsp3) is 0.109. The topological polar surface area (TPSA) is 57.4 Å². The average molecular weight is 645 g/mol. The van der Waals surface area contributed by atoms with E-state index < -0.39 is 0 Å². The summed E-state index contributed by atoms with van der Waals surface area (Å²) in [6.07, 6.45) is 8.25. The van der Waals surface area contributed by atoms with E-state index in [0.717, 1.165) is 82.4 Å². The number of allylic oxidation sites excluding steroid dienone is 3. The van der Waals surface area contributed by atoms with Gasteiger partial charge in [0.05, 0.1) is 22.8 Å². The van der Waals surface area contributed by atoms with Crippen molar-refractivity contribution in [3.63, 3.8) is 0 Å². The molecule has 1 atom stereocenters. The third-order valence-corrected chi connectivity index (χ3v) is 9.94. The molecule has 7 aromatic rings. The van der Waals surface area contributed by atoms with Crippen molar-refractivity contribution in [3.05, 3.63) is 180 Å². The van der Waals surface area contributed by atoms with Crippen LogP contribution in [0.4, 0.5) is 0 Å². The minimum absolute atomic E-state index is 0.192. The monoisotopic (exact) mass is 644 g/mol.